The highest BCUT2D eigenvalue weighted by molar-refractivity contribution is 7.80. The van der Waals surface area contributed by atoms with E-state index in [1.165, 1.54) is 25.7 Å². The van der Waals surface area contributed by atoms with Gasteiger partial charge in [-0.2, -0.15) is 0 Å². The third-order valence-electron chi connectivity index (χ3n) is 1.98. The van der Waals surface area contributed by atoms with Gasteiger partial charge >= 0.3 is 23.1 Å². The maximum Gasteiger partial charge on any atom is 0.316 e. The zero-order valence-electron chi connectivity index (χ0n) is 11.4. The minimum Gasteiger partial charge on any atom is -0.471 e. The highest BCUT2D eigenvalue weighted by Gasteiger charge is 1.88. The molecule has 0 heterocycles. The second-order valence-electron chi connectivity index (χ2n) is 3.75. The van der Waals surface area contributed by atoms with E-state index in [0.717, 1.165) is 12.8 Å². The van der Waals surface area contributed by atoms with Crippen molar-refractivity contribution < 1.29 is 9.47 Å². The number of rotatable bonds is 8. The molecule has 0 fully saturated rings. The van der Waals surface area contributed by atoms with Crippen LogP contribution < -0.4 is 11.5 Å². The molecule has 7 heteroatoms. The summed E-state index contributed by atoms with van der Waals surface area (Å²) >= 11 is 9.00. The SMILES string of the molecule is CCCCCOC(N)=S.CCCCCOC(N)=S.[MgH2]. The Kier molecular flexibility index (Phi) is 26.0. The Balaban J connectivity index is -0.000000256. The van der Waals surface area contributed by atoms with Crippen LogP contribution in [-0.2, 0) is 9.47 Å². The van der Waals surface area contributed by atoms with Crippen LogP contribution in [0.1, 0.15) is 52.4 Å². The topological polar surface area (TPSA) is 70.5 Å². The molecule has 0 saturated carbocycles. The van der Waals surface area contributed by atoms with Crippen molar-refractivity contribution in [2.24, 2.45) is 11.5 Å². The molecule has 0 aliphatic carbocycles. The third kappa shape index (κ3) is 32.1. The minimum absolute atomic E-state index is 0. The molecule has 0 spiro atoms. The van der Waals surface area contributed by atoms with E-state index in [1.807, 2.05) is 0 Å². The highest BCUT2D eigenvalue weighted by atomic mass is 32.1. The summed E-state index contributed by atoms with van der Waals surface area (Å²) in [6.07, 6.45) is 6.86. The van der Waals surface area contributed by atoms with Crippen LogP contribution in [0.3, 0.4) is 0 Å². The summed E-state index contributed by atoms with van der Waals surface area (Å²) in [5, 5.41) is 0.317. The summed E-state index contributed by atoms with van der Waals surface area (Å²) in [4.78, 5) is 0. The zero-order chi connectivity index (χ0) is 14.2. The Hall–Kier alpha value is 0.146. The van der Waals surface area contributed by atoms with Gasteiger partial charge in [-0.1, -0.05) is 39.5 Å². The van der Waals surface area contributed by atoms with Gasteiger partial charge in [-0.25, -0.2) is 0 Å². The highest BCUT2D eigenvalue weighted by Crippen LogP contribution is 1.93. The van der Waals surface area contributed by atoms with Gasteiger partial charge in [0.15, 0.2) is 0 Å². The van der Waals surface area contributed by atoms with Crippen LogP contribution in [0, 0.1) is 0 Å². The fourth-order valence-electron chi connectivity index (χ4n) is 1.05. The van der Waals surface area contributed by atoms with Gasteiger partial charge in [-0.05, 0) is 37.3 Å². The first kappa shape index (κ1) is 24.2. The molecule has 4 N–H and O–H groups in total. The van der Waals surface area contributed by atoms with E-state index in [9.17, 15) is 0 Å². The molecular formula is C12H28MgN2O2S2. The normalized spacial score (nSPS) is 8.53. The number of unbranched alkanes of at least 4 members (excludes halogenated alkanes) is 4. The maximum atomic E-state index is 5.08. The van der Waals surface area contributed by atoms with Crippen molar-refractivity contribution in [3.63, 3.8) is 0 Å². The number of thiocarbonyl (C=S) groups is 2. The molecule has 0 rings (SSSR count). The fourth-order valence-corrected chi connectivity index (χ4v) is 1.22. The smallest absolute Gasteiger partial charge is 0.316 e. The summed E-state index contributed by atoms with van der Waals surface area (Å²) < 4.78 is 9.71. The minimum atomic E-state index is 0. The fraction of sp³-hybridized carbons (Fsp3) is 0.833. The molecule has 0 bridgehead atoms. The van der Waals surface area contributed by atoms with Gasteiger partial charge in [0, 0.05) is 0 Å². The average Bonchev–Trinajstić information content (AvgIpc) is 2.31. The number of hydrogen-bond acceptors (Lipinski definition) is 4. The van der Waals surface area contributed by atoms with Crippen molar-refractivity contribution in [2.45, 2.75) is 52.4 Å². The Labute approximate surface area is 144 Å². The molecule has 112 valence electrons. The van der Waals surface area contributed by atoms with Gasteiger partial charge in [0.1, 0.15) is 0 Å². The van der Waals surface area contributed by atoms with E-state index < -0.39 is 0 Å². The van der Waals surface area contributed by atoms with Gasteiger partial charge in [-0.15, -0.1) is 0 Å². The molecule has 0 radical (unpaired) electrons. The molecule has 0 aliphatic heterocycles. The lowest BCUT2D eigenvalue weighted by Crippen LogP contribution is -2.13. The second kappa shape index (κ2) is 20.5. The van der Waals surface area contributed by atoms with Crippen LogP contribution >= 0.6 is 24.4 Å². The first-order valence-corrected chi connectivity index (χ1v) is 7.20. The van der Waals surface area contributed by atoms with Crippen LogP contribution in [0.2, 0.25) is 0 Å². The van der Waals surface area contributed by atoms with Crippen molar-refractivity contribution in [3.05, 3.63) is 0 Å². The quantitative estimate of drug-likeness (QED) is 0.405. The van der Waals surface area contributed by atoms with E-state index >= 15 is 0 Å². The summed E-state index contributed by atoms with van der Waals surface area (Å²) in [6, 6.07) is 0. The van der Waals surface area contributed by atoms with Gasteiger partial charge in [0.2, 0.25) is 0 Å². The van der Waals surface area contributed by atoms with Crippen molar-refractivity contribution in [1.29, 1.82) is 0 Å². The Morgan fingerprint density at radius 1 is 0.789 bits per heavy atom. The summed E-state index contributed by atoms with van der Waals surface area (Å²) in [6.45, 7) is 5.62. The monoisotopic (exact) mass is 320 g/mol. The van der Waals surface area contributed by atoms with Crippen LogP contribution in [0.25, 0.3) is 0 Å². The Bertz CT molecular complexity index is 198. The van der Waals surface area contributed by atoms with E-state index in [1.54, 1.807) is 0 Å². The van der Waals surface area contributed by atoms with Crippen molar-refractivity contribution in [2.75, 3.05) is 13.2 Å². The van der Waals surface area contributed by atoms with E-state index in [-0.39, 0.29) is 33.4 Å². The van der Waals surface area contributed by atoms with Crippen molar-refractivity contribution >= 4 is 57.8 Å². The molecule has 0 aromatic rings. The van der Waals surface area contributed by atoms with Gasteiger partial charge < -0.3 is 20.9 Å². The molecule has 0 aromatic carbocycles. The molecule has 0 amide bonds. The van der Waals surface area contributed by atoms with E-state index in [0.29, 0.717) is 13.2 Å². The predicted molar refractivity (Wildman–Crippen MR) is 93.1 cm³/mol. The number of hydrogen-bond donors (Lipinski definition) is 2. The molecule has 0 unspecified atom stereocenters. The molecule has 19 heavy (non-hydrogen) atoms. The van der Waals surface area contributed by atoms with Crippen LogP contribution in [0.15, 0.2) is 0 Å². The van der Waals surface area contributed by atoms with Crippen molar-refractivity contribution in [1.82, 2.24) is 0 Å². The predicted octanol–water partition coefficient (Wildman–Crippen LogP) is 1.96. The Morgan fingerprint density at radius 2 is 1.11 bits per heavy atom. The number of nitrogens with two attached hydrogens (primary N) is 2. The second-order valence-corrected chi connectivity index (χ2v) is 4.55. The summed E-state index contributed by atoms with van der Waals surface area (Å²) in [7, 11) is 0. The largest absolute Gasteiger partial charge is 0.471 e. The van der Waals surface area contributed by atoms with Gasteiger partial charge in [-0.3, -0.25) is 0 Å². The summed E-state index contributed by atoms with van der Waals surface area (Å²) in [5.41, 5.74) is 10.2. The van der Waals surface area contributed by atoms with Crippen molar-refractivity contribution in [3.8, 4) is 0 Å². The number of ether oxygens (including phenoxy) is 2. The third-order valence-corrected chi connectivity index (χ3v) is 2.22. The van der Waals surface area contributed by atoms with Gasteiger partial charge in [0.05, 0.1) is 13.2 Å². The van der Waals surface area contributed by atoms with Crippen LogP contribution in [0.4, 0.5) is 0 Å². The average molecular weight is 321 g/mol. The lowest BCUT2D eigenvalue weighted by Gasteiger charge is -2.00. The maximum absolute atomic E-state index is 5.08. The molecule has 0 aromatic heterocycles. The zero-order valence-corrected chi connectivity index (χ0v) is 13.1. The molecule has 0 aliphatic rings. The standard InChI is InChI=1S/2C6H13NOS.Mg.2H/c2*1-2-3-4-5-8-6(7)9;;;/h2*2-5H2,1H3,(H2,7,9);;;. The van der Waals surface area contributed by atoms with E-state index in [2.05, 4.69) is 38.3 Å². The lowest BCUT2D eigenvalue weighted by atomic mass is 10.3. The molecule has 4 nitrogen and oxygen atoms in total. The van der Waals surface area contributed by atoms with Gasteiger partial charge in [0.25, 0.3) is 10.3 Å². The lowest BCUT2D eigenvalue weighted by molar-refractivity contribution is 0.297. The molecular weight excluding hydrogens is 293 g/mol. The molecule has 0 saturated heterocycles. The van der Waals surface area contributed by atoms with E-state index in [4.69, 9.17) is 20.9 Å². The first-order valence-electron chi connectivity index (χ1n) is 6.39. The van der Waals surface area contributed by atoms with Crippen LogP contribution in [-0.4, -0.2) is 46.6 Å². The van der Waals surface area contributed by atoms with Crippen LogP contribution in [0.5, 0.6) is 0 Å². The Morgan fingerprint density at radius 3 is 1.32 bits per heavy atom. The molecule has 0 atom stereocenters. The first-order chi connectivity index (χ1) is 8.54. The summed E-state index contributed by atoms with van der Waals surface area (Å²) in [5.74, 6) is 0.